The molecule has 0 atom stereocenters. The third-order valence-corrected chi connectivity index (χ3v) is 4.47. The number of carbonyl (C=O) groups is 2. The van der Waals surface area contributed by atoms with Crippen molar-refractivity contribution in [3.8, 4) is 0 Å². The van der Waals surface area contributed by atoms with E-state index in [1.165, 1.54) is 14.2 Å². The van der Waals surface area contributed by atoms with Gasteiger partial charge in [-0.15, -0.1) is 0 Å². The van der Waals surface area contributed by atoms with E-state index in [1.54, 1.807) is 4.90 Å². The molecule has 0 saturated heterocycles. The summed E-state index contributed by atoms with van der Waals surface area (Å²) < 4.78 is 16.5. The number of esters is 2. The molecule has 0 N–H and O–H groups in total. The van der Waals surface area contributed by atoms with Crippen molar-refractivity contribution in [2.24, 2.45) is 0 Å². The lowest BCUT2D eigenvalue weighted by Gasteiger charge is -2.32. The lowest BCUT2D eigenvalue weighted by atomic mass is 10.1. The molecule has 6 nitrogen and oxygen atoms in total. The number of hydrogen-bond acceptors (Lipinski definition) is 6. The van der Waals surface area contributed by atoms with Crippen molar-refractivity contribution in [1.82, 2.24) is 0 Å². The van der Waals surface area contributed by atoms with E-state index in [9.17, 15) is 9.59 Å². The van der Waals surface area contributed by atoms with Crippen LogP contribution in [0.25, 0.3) is 0 Å². The smallest absolute Gasteiger partial charge is 0.355 e. The van der Waals surface area contributed by atoms with E-state index >= 15 is 0 Å². The van der Waals surface area contributed by atoms with Crippen molar-refractivity contribution >= 4 is 49.5 Å². The van der Waals surface area contributed by atoms with Crippen molar-refractivity contribution in [3.63, 3.8) is 0 Å². The van der Waals surface area contributed by atoms with Gasteiger partial charge in [-0.05, 0) is 56.5 Å². The number of anilines is 1. The number of hydrogen-bond donors (Lipinski definition) is 0. The molecule has 0 bridgehead atoms. The summed E-state index contributed by atoms with van der Waals surface area (Å²) in [6.07, 6.45) is 0. The predicted octanol–water partition coefficient (Wildman–Crippen LogP) is 2.91. The van der Waals surface area contributed by atoms with E-state index in [1.807, 2.05) is 19.1 Å². The van der Waals surface area contributed by atoms with Crippen LogP contribution in [0.3, 0.4) is 0 Å². The largest absolute Gasteiger partial charge is 0.466 e. The Kier molecular flexibility index (Phi) is 5.83. The number of benzene rings is 1. The third-order valence-electron chi connectivity index (χ3n) is 3.26. The van der Waals surface area contributed by atoms with E-state index in [4.69, 9.17) is 14.2 Å². The first-order chi connectivity index (χ1) is 10.9. The summed E-state index contributed by atoms with van der Waals surface area (Å²) in [7, 11) is 2.51. The first kappa shape index (κ1) is 18.0. The number of ether oxygens (including phenoxy) is 3. The molecule has 1 heterocycles. The highest BCUT2D eigenvalue weighted by Gasteiger charge is 2.34. The average Bonchev–Trinajstić information content (AvgIpc) is 2.52. The van der Waals surface area contributed by atoms with Gasteiger partial charge in [-0.1, -0.05) is 0 Å². The van der Waals surface area contributed by atoms with Crippen LogP contribution < -0.4 is 4.90 Å². The van der Waals surface area contributed by atoms with E-state index in [0.717, 1.165) is 14.5 Å². The van der Waals surface area contributed by atoms with Gasteiger partial charge >= 0.3 is 11.9 Å². The van der Waals surface area contributed by atoms with Gasteiger partial charge in [0, 0.05) is 8.95 Å². The van der Waals surface area contributed by atoms with Gasteiger partial charge in [0.05, 0.1) is 32.1 Å². The molecule has 1 aromatic carbocycles. The molecule has 0 spiro atoms. The Hall–Kier alpha value is -1.38. The normalized spacial score (nSPS) is 14.7. The first-order valence-corrected chi connectivity index (χ1v) is 8.20. The van der Waals surface area contributed by atoms with Crippen LogP contribution in [-0.2, 0) is 23.8 Å². The molecule has 0 amide bonds. The van der Waals surface area contributed by atoms with Gasteiger partial charge in [0.1, 0.15) is 12.4 Å². The zero-order valence-corrected chi connectivity index (χ0v) is 16.0. The number of carbonyl (C=O) groups excluding carboxylic acids is 2. The molecule has 1 aliphatic heterocycles. The number of nitrogens with zero attached hydrogens (tertiary/aromatic N) is 1. The number of halogens is 2. The van der Waals surface area contributed by atoms with Crippen molar-refractivity contribution < 1.29 is 23.8 Å². The van der Waals surface area contributed by atoms with Crippen molar-refractivity contribution in [2.75, 3.05) is 32.5 Å². The SMILES string of the molecule is COC(=O)C1=C(C(=O)OC)N(c2c(Br)cc(C)cc2Br)COC1. The molecular weight excluding hydrogens is 434 g/mol. The molecule has 124 valence electrons. The maximum absolute atomic E-state index is 12.3. The second kappa shape index (κ2) is 7.46. The van der Waals surface area contributed by atoms with E-state index in [2.05, 4.69) is 31.9 Å². The van der Waals surface area contributed by atoms with Gasteiger partial charge < -0.3 is 19.1 Å². The van der Waals surface area contributed by atoms with E-state index in [-0.39, 0.29) is 24.6 Å². The van der Waals surface area contributed by atoms with Crippen LogP contribution in [0.4, 0.5) is 5.69 Å². The second-order valence-corrected chi connectivity index (χ2v) is 6.50. The first-order valence-electron chi connectivity index (χ1n) is 6.61. The standard InChI is InChI=1S/C15H15Br2NO5/c1-8-4-10(16)13(11(17)5-8)18-7-23-6-9(14(19)21-2)12(18)15(20)22-3/h4-5H,6-7H2,1-3H3. The Bertz CT molecular complexity index is 663. The summed E-state index contributed by atoms with van der Waals surface area (Å²) in [6, 6.07) is 3.81. The van der Waals surface area contributed by atoms with Gasteiger partial charge in [0.2, 0.25) is 0 Å². The van der Waals surface area contributed by atoms with Gasteiger partial charge in [-0.3, -0.25) is 0 Å². The zero-order chi connectivity index (χ0) is 17.1. The maximum atomic E-state index is 12.3. The predicted molar refractivity (Wildman–Crippen MR) is 90.9 cm³/mol. The minimum Gasteiger partial charge on any atom is -0.466 e. The lowest BCUT2D eigenvalue weighted by Crippen LogP contribution is -2.39. The number of rotatable bonds is 3. The number of aryl methyl sites for hydroxylation is 1. The molecule has 2 rings (SSSR count). The monoisotopic (exact) mass is 447 g/mol. The zero-order valence-electron chi connectivity index (χ0n) is 12.8. The summed E-state index contributed by atoms with van der Waals surface area (Å²) >= 11 is 6.98. The van der Waals surface area contributed by atoms with Crippen LogP contribution in [0.15, 0.2) is 32.3 Å². The molecule has 0 aliphatic carbocycles. The summed E-state index contributed by atoms with van der Waals surface area (Å²) in [4.78, 5) is 25.8. The maximum Gasteiger partial charge on any atom is 0.355 e. The fraction of sp³-hybridized carbons (Fsp3) is 0.333. The van der Waals surface area contributed by atoms with Crippen molar-refractivity contribution in [1.29, 1.82) is 0 Å². The topological polar surface area (TPSA) is 65.1 Å². The van der Waals surface area contributed by atoms with Crippen molar-refractivity contribution in [2.45, 2.75) is 6.92 Å². The highest BCUT2D eigenvalue weighted by molar-refractivity contribution is 9.11. The van der Waals surface area contributed by atoms with Gasteiger partial charge in [0.15, 0.2) is 0 Å². The average molecular weight is 449 g/mol. The molecule has 1 aromatic rings. The highest BCUT2D eigenvalue weighted by Crippen LogP contribution is 2.39. The third kappa shape index (κ3) is 3.59. The highest BCUT2D eigenvalue weighted by atomic mass is 79.9. The Morgan fingerprint density at radius 2 is 1.70 bits per heavy atom. The number of methoxy groups -OCH3 is 2. The fourth-order valence-corrected chi connectivity index (χ4v) is 4.11. The van der Waals surface area contributed by atoms with Crippen LogP contribution in [0, 0.1) is 6.92 Å². The minimum atomic E-state index is -0.631. The quantitative estimate of drug-likeness (QED) is 0.662. The van der Waals surface area contributed by atoms with Gasteiger partial charge in [-0.25, -0.2) is 9.59 Å². The molecule has 23 heavy (non-hydrogen) atoms. The molecule has 1 aliphatic rings. The van der Waals surface area contributed by atoms with Crippen molar-refractivity contribution in [3.05, 3.63) is 37.9 Å². The molecule has 0 radical (unpaired) electrons. The van der Waals surface area contributed by atoms with Crippen LogP contribution in [0.2, 0.25) is 0 Å². The molecule has 8 heteroatoms. The molecular formula is C15H15Br2NO5. The van der Waals surface area contributed by atoms with Crippen LogP contribution in [0.5, 0.6) is 0 Å². The Morgan fingerprint density at radius 1 is 1.13 bits per heavy atom. The summed E-state index contributed by atoms with van der Waals surface area (Å²) in [6.45, 7) is 2.03. The van der Waals surface area contributed by atoms with Crippen LogP contribution >= 0.6 is 31.9 Å². The molecule has 0 aromatic heterocycles. The lowest BCUT2D eigenvalue weighted by molar-refractivity contribution is -0.140. The van der Waals surface area contributed by atoms with E-state index < -0.39 is 11.9 Å². The summed E-state index contributed by atoms with van der Waals surface area (Å²) in [5, 5.41) is 0. The fourth-order valence-electron chi connectivity index (χ4n) is 2.27. The van der Waals surface area contributed by atoms with Gasteiger partial charge in [0.25, 0.3) is 0 Å². The van der Waals surface area contributed by atoms with Crippen LogP contribution in [-0.4, -0.2) is 39.5 Å². The Morgan fingerprint density at radius 3 is 2.22 bits per heavy atom. The molecule has 0 unspecified atom stereocenters. The Balaban J connectivity index is 2.65. The molecule has 0 saturated carbocycles. The minimum absolute atomic E-state index is 0.0191. The second-order valence-electron chi connectivity index (χ2n) is 4.79. The van der Waals surface area contributed by atoms with E-state index in [0.29, 0.717) is 5.69 Å². The Labute approximate surface area is 150 Å². The van der Waals surface area contributed by atoms with Crippen LogP contribution in [0.1, 0.15) is 5.56 Å². The summed E-state index contributed by atoms with van der Waals surface area (Å²) in [5.74, 6) is -1.26. The summed E-state index contributed by atoms with van der Waals surface area (Å²) in [5.41, 5.74) is 1.92. The van der Waals surface area contributed by atoms with Gasteiger partial charge in [-0.2, -0.15) is 0 Å². The molecule has 0 fully saturated rings.